The van der Waals surface area contributed by atoms with E-state index in [9.17, 15) is 9.50 Å². The summed E-state index contributed by atoms with van der Waals surface area (Å²) in [7, 11) is 0. The Labute approximate surface area is 89.9 Å². The van der Waals surface area contributed by atoms with Crippen molar-refractivity contribution >= 4 is 0 Å². The Morgan fingerprint density at radius 3 is 2.40 bits per heavy atom. The van der Waals surface area contributed by atoms with Crippen LogP contribution in [0.4, 0.5) is 4.39 Å². The third-order valence-corrected chi connectivity index (χ3v) is 3.45. The molecule has 0 aromatic heterocycles. The molecule has 82 valence electrons. The van der Waals surface area contributed by atoms with Gasteiger partial charge in [-0.1, -0.05) is 19.1 Å². The molecule has 15 heavy (non-hydrogen) atoms. The predicted molar refractivity (Wildman–Crippen MR) is 58.0 cm³/mol. The topological polar surface area (TPSA) is 20.2 Å². The number of hydrogen-bond acceptors (Lipinski definition) is 1. The molecule has 0 spiro atoms. The maximum Gasteiger partial charge on any atom is 0.123 e. The molecule has 1 saturated carbocycles. The van der Waals surface area contributed by atoms with Crippen LogP contribution in [-0.2, 0) is 6.42 Å². The quantitative estimate of drug-likeness (QED) is 0.806. The van der Waals surface area contributed by atoms with Crippen LogP contribution in [-0.4, -0.2) is 11.7 Å². The van der Waals surface area contributed by atoms with Crippen LogP contribution in [0.2, 0.25) is 0 Å². The van der Waals surface area contributed by atoms with Crippen molar-refractivity contribution < 1.29 is 9.50 Å². The molecule has 0 saturated heterocycles. The van der Waals surface area contributed by atoms with E-state index >= 15 is 0 Å². The van der Waals surface area contributed by atoms with Crippen LogP contribution in [0.25, 0.3) is 0 Å². The molecule has 0 heterocycles. The molecule has 0 amide bonds. The zero-order chi connectivity index (χ0) is 10.9. The molecular weight excluding hydrogens is 191 g/mol. The van der Waals surface area contributed by atoms with Crippen LogP contribution in [0.3, 0.4) is 0 Å². The van der Waals surface area contributed by atoms with Gasteiger partial charge in [0.05, 0.1) is 0 Å². The van der Waals surface area contributed by atoms with Crippen molar-refractivity contribution in [2.75, 3.05) is 6.61 Å². The molecule has 1 aliphatic carbocycles. The maximum absolute atomic E-state index is 12.7. The SMILES string of the molecule is CC(CO)(Cc1ccc(F)cc1)C1CC1. The van der Waals surface area contributed by atoms with Gasteiger partial charge in [0, 0.05) is 6.61 Å². The Morgan fingerprint density at radius 2 is 1.93 bits per heavy atom. The van der Waals surface area contributed by atoms with Crippen molar-refractivity contribution in [3.63, 3.8) is 0 Å². The van der Waals surface area contributed by atoms with E-state index in [-0.39, 0.29) is 17.8 Å². The van der Waals surface area contributed by atoms with Crippen molar-refractivity contribution in [3.8, 4) is 0 Å². The Hall–Kier alpha value is -0.890. The Kier molecular flexibility index (Phi) is 2.79. The molecule has 1 aromatic rings. The first-order chi connectivity index (χ1) is 7.14. The first-order valence-corrected chi connectivity index (χ1v) is 5.49. The lowest BCUT2D eigenvalue weighted by Crippen LogP contribution is -2.26. The van der Waals surface area contributed by atoms with Crippen molar-refractivity contribution in [2.45, 2.75) is 26.2 Å². The summed E-state index contributed by atoms with van der Waals surface area (Å²) in [4.78, 5) is 0. The molecule has 2 rings (SSSR count). The normalized spacial score (nSPS) is 19.9. The minimum absolute atomic E-state index is 0.0160. The molecule has 2 heteroatoms. The number of aliphatic hydroxyl groups excluding tert-OH is 1. The lowest BCUT2D eigenvalue weighted by molar-refractivity contribution is 0.119. The maximum atomic E-state index is 12.7. The largest absolute Gasteiger partial charge is 0.396 e. The lowest BCUT2D eigenvalue weighted by atomic mass is 9.80. The Morgan fingerprint density at radius 1 is 1.33 bits per heavy atom. The van der Waals surface area contributed by atoms with Gasteiger partial charge < -0.3 is 5.11 Å². The first-order valence-electron chi connectivity index (χ1n) is 5.49. The second kappa shape index (κ2) is 3.93. The fourth-order valence-electron chi connectivity index (χ4n) is 2.18. The van der Waals surface area contributed by atoms with E-state index in [0.29, 0.717) is 5.92 Å². The van der Waals surface area contributed by atoms with Gasteiger partial charge in [-0.15, -0.1) is 0 Å². The molecule has 0 bridgehead atoms. The van der Waals surface area contributed by atoms with Gasteiger partial charge in [0.15, 0.2) is 0 Å². The van der Waals surface area contributed by atoms with Gasteiger partial charge in [-0.25, -0.2) is 4.39 Å². The van der Waals surface area contributed by atoms with Gasteiger partial charge >= 0.3 is 0 Å². The number of rotatable bonds is 4. The summed E-state index contributed by atoms with van der Waals surface area (Å²) in [5.74, 6) is 0.448. The van der Waals surface area contributed by atoms with Crippen molar-refractivity contribution in [3.05, 3.63) is 35.6 Å². The fourth-order valence-corrected chi connectivity index (χ4v) is 2.18. The van der Waals surface area contributed by atoms with Crippen LogP contribution in [0.1, 0.15) is 25.3 Å². The zero-order valence-corrected chi connectivity index (χ0v) is 9.04. The second-order valence-electron chi connectivity index (χ2n) is 4.89. The van der Waals surface area contributed by atoms with Crippen molar-refractivity contribution in [1.82, 2.24) is 0 Å². The average Bonchev–Trinajstić information content (AvgIpc) is 3.05. The second-order valence-corrected chi connectivity index (χ2v) is 4.89. The minimum atomic E-state index is -0.198. The summed E-state index contributed by atoms with van der Waals surface area (Å²) in [5, 5.41) is 9.44. The predicted octanol–water partition coefficient (Wildman–Crippen LogP) is 2.78. The molecule has 1 atom stereocenters. The van der Waals surface area contributed by atoms with E-state index in [1.165, 1.54) is 25.0 Å². The van der Waals surface area contributed by atoms with Crippen molar-refractivity contribution in [1.29, 1.82) is 0 Å². The third-order valence-electron chi connectivity index (χ3n) is 3.45. The van der Waals surface area contributed by atoms with Crippen LogP contribution in [0, 0.1) is 17.2 Å². The van der Waals surface area contributed by atoms with E-state index < -0.39 is 0 Å². The van der Waals surface area contributed by atoms with Gasteiger partial charge in [0.25, 0.3) is 0 Å². The highest BCUT2D eigenvalue weighted by atomic mass is 19.1. The molecule has 1 aromatic carbocycles. The third kappa shape index (κ3) is 2.37. The number of halogens is 1. The highest BCUT2D eigenvalue weighted by Gasteiger charge is 2.40. The molecule has 0 radical (unpaired) electrons. The highest BCUT2D eigenvalue weighted by Crippen LogP contribution is 2.46. The van der Waals surface area contributed by atoms with Gasteiger partial charge in [-0.3, -0.25) is 0 Å². The Bertz CT molecular complexity index is 329. The highest BCUT2D eigenvalue weighted by molar-refractivity contribution is 5.18. The monoisotopic (exact) mass is 208 g/mol. The Balaban J connectivity index is 2.09. The number of benzene rings is 1. The fraction of sp³-hybridized carbons (Fsp3) is 0.538. The minimum Gasteiger partial charge on any atom is -0.396 e. The molecule has 1 aliphatic rings. The number of hydrogen-bond donors (Lipinski definition) is 1. The summed E-state index contributed by atoms with van der Waals surface area (Å²) < 4.78 is 12.7. The van der Waals surface area contributed by atoms with Gasteiger partial charge in [0.1, 0.15) is 5.82 Å². The molecule has 1 unspecified atom stereocenters. The molecule has 1 N–H and O–H groups in total. The molecule has 0 aliphatic heterocycles. The summed E-state index contributed by atoms with van der Waals surface area (Å²) in [6.45, 7) is 2.34. The number of aliphatic hydroxyl groups is 1. The van der Waals surface area contributed by atoms with E-state index in [0.717, 1.165) is 12.0 Å². The lowest BCUT2D eigenvalue weighted by Gasteiger charge is -2.27. The summed E-state index contributed by atoms with van der Waals surface area (Å²) in [6.07, 6.45) is 3.28. The first kappa shape index (κ1) is 10.6. The van der Waals surface area contributed by atoms with Crippen molar-refractivity contribution in [2.24, 2.45) is 11.3 Å². The van der Waals surface area contributed by atoms with E-state index in [4.69, 9.17) is 0 Å². The smallest absolute Gasteiger partial charge is 0.123 e. The van der Waals surface area contributed by atoms with Gasteiger partial charge in [-0.05, 0) is 48.3 Å². The van der Waals surface area contributed by atoms with Crippen LogP contribution >= 0.6 is 0 Å². The molecule has 1 fully saturated rings. The van der Waals surface area contributed by atoms with Gasteiger partial charge in [-0.2, -0.15) is 0 Å². The van der Waals surface area contributed by atoms with E-state index in [1.807, 2.05) is 12.1 Å². The summed E-state index contributed by atoms with van der Waals surface area (Å²) >= 11 is 0. The standard InChI is InChI=1S/C13H17FO/c1-13(9-15,11-4-5-11)8-10-2-6-12(14)7-3-10/h2-3,6-7,11,15H,4-5,8-9H2,1H3. The summed E-state index contributed by atoms with van der Waals surface area (Å²) in [5.41, 5.74) is 1.09. The average molecular weight is 208 g/mol. The van der Waals surface area contributed by atoms with Gasteiger partial charge in [0.2, 0.25) is 0 Å². The van der Waals surface area contributed by atoms with E-state index in [1.54, 1.807) is 0 Å². The van der Waals surface area contributed by atoms with Crippen LogP contribution in [0.15, 0.2) is 24.3 Å². The van der Waals surface area contributed by atoms with Crippen LogP contribution < -0.4 is 0 Å². The van der Waals surface area contributed by atoms with Crippen LogP contribution in [0.5, 0.6) is 0 Å². The molecule has 1 nitrogen and oxygen atoms in total. The summed E-state index contributed by atoms with van der Waals surface area (Å²) in [6, 6.07) is 6.59. The molecular formula is C13H17FO. The zero-order valence-electron chi connectivity index (χ0n) is 9.04. The van der Waals surface area contributed by atoms with E-state index in [2.05, 4.69) is 6.92 Å².